The summed E-state index contributed by atoms with van der Waals surface area (Å²) < 4.78 is 12.3. The monoisotopic (exact) mass is 410 g/mol. The number of nitrogens with one attached hydrogen (secondary N) is 1. The van der Waals surface area contributed by atoms with Crippen LogP contribution in [0, 0.1) is 0 Å². The van der Waals surface area contributed by atoms with E-state index in [-0.39, 0.29) is 5.91 Å². The number of methoxy groups -OCH3 is 1. The molecule has 1 N–H and O–H groups in total. The fraction of sp³-hybridized carbons (Fsp3) is 0.304. The van der Waals surface area contributed by atoms with Crippen molar-refractivity contribution in [1.82, 2.24) is 4.98 Å². The molecule has 0 saturated heterocycles. The quantitative estimate of drug-likeness (QED) is 0.333. The number of ether oxygens (including phenoxy) is 2. The predicted octanol–water partition coefficient (Wildman–Crippen LogP) is 5.92. The fourth-order valence-electron chi connectivity index (χ4n) is 2.86. The van der Waals surface area contributed by atoms with E-state index in [9.17, 15) is 4.79 Å². The summed E-state index contributed by atoms with van der Waals surface area (Å²) >= 11 is 1.45. The van der Waals surface area contributed by atoms with Gasteiger partial charge in [-0.25, -0.2) is 4.98 Å². The number of amides is 1. The Morgan fingerprint density at radius 2 is 2.00 bits per heavy atom. The Bertz CT molecular complexity index is 948. The van der Waals surface area contributed by atoms with Crippen molar-refractivity contribution in [3.8, 4) is 11.5 Å². The highest BCUT2D eigenvalue weighted by molar-refractivity contribution is 7.22. The van der Waals surface area contributed by atoms with Crippen LogP contribution in [0.1, 0.15) is 38.2 Å². The third-order valence-electron chi connectivity index (χ3n) is 4.39. The van der Waals surface area contributed by atoms with E-state index in [1.165, 1.54) is 36.7 Å². The van der Waals surface area contributed by atoms with E-state index in [0.717, 1.165) is 28.0 Å². The number of para-hydroxylation sites is 1. The molecule has 29 heavy (non-hydrogen) atoms. The van der Waals surface area contributed by atoms with Crippen molar-refractivity contribution in [3.05, 3.63) is 54.1 Å². The first kappa shape index (κ1) is 20.9. The zero-order valence-electron chi connectivity index (χ0n) is 16.8. The van der Waals surface area contributed by atoms with E-state index in [0.29, 0.717) is 17.5 Å². The van der Waals surface area contributed by atoms with Crippen molar-refractivity contribution in [2.24, 2.45) is 0 Å². The highest BCUT2D eigenvalue weighted by Gasteiger charge is 2.07. The van der Waals surface area contributed by atoms with Crippen LogP contribution in [0.2, 0.25) is 0 Å². The maximum absolute atomic E-state index is 12.2. The van der Waals surface area contributed by atoms with E-state index in [4.69, 9.17) is 9.47 Å². The second-order valence-corrected chi connectivity index (χ2v) is 7.66. The molecule has 0 fully saturated rings. The van der Waals surface area contributed by atoms with Crippen LogP contribution in [0.25, 0.3) is 16.3 Å². The normalized spacial score (nSPS) is 11.1. The maximum atomic E-state index is 12.2. The highest BCUT2D eigenvalue weighted by Crippen LogP contribution is 2.29. The number of rotatable bonds is 10. The Morgan fingerprint density at radius 3 is 2.79 bits per heavy atom. The smallest absolute Gasteiger partial charge is 0.250 e. The van der Waals surface area contributed by atoms with Gasteiger partial charge in [-0.2, -0.15) is 0 Å². The summed E-state index contributed by atoms with van der Waals surface area (Å²) in [5, 5.41) is 3.40. The molecule has 0 unspecified atom stereocenters. The second-order valence-electron chi connectivity index (χ2n) is 6.63. The molecule has 1 amide bonds. The molecule has 0 aliphatic carbocycles. The number of fused-ring (bicyclic) bond motifs is 1. The molecule has 0 aliphatic heterocycles. The number of anilines is 1. The van der Waals surface area contributed by atoms with Crippen LogP contribution in [-0.4, -0.2) is 24.6 Å². The first-order valence-corrected chi connectivity index (χ1v) is 10.7. The minimum absolute atomic E-state index is 0.223. The van der Waals surface area contributed by atoms with Crippen molar-refractivity contribution < 1.29 is 14.3 Å². The lowest BCUT2D eigenvalue weighted by atomic mass is 10.2. The van der Waals surface area contributed by atoms with Gasteiger partial charge in [0, 0.05) is 6.08 Å². The summed E-state index contributed by atoms with van der Waals surface area (Å²) in [6.45, 7) is 2.87. The van der Waals surface area contributed by atoms with Crippen molar-refractivity contribution >= 4 is 38.7 Å². The minimum atomic E-state index is -0.223. The lowest BCUT2D eigenvalue weighted by Gasteiger charge is -2.11. The summed E-state index contributed by atoms with van der Waals surface area (Å²) in [6, 6.07) is 13.4. The number of unbranched alkanes of at least 4 members (excludes halogenated alkanes) is 3. The molecular weight excluding hydrogens is 384 g/mol. The molecule has 3 rings (SSSR count). The van der Waals surface area contributed by atoms with Gasteiger partial charge in [-0.05, 0) is 42.3 Å². The van der Waals surface area contributed by atoms with Crippen molar-refractivity contribution in [2.45, 2.75) is 32.6 Å². The summed E-state index contributed by atoms with van der Waals surface area (Å²) in [6.07, 6.45) is 7.87. The minimum Gasteiger partial charge on any atom is -0.493 e. The van der Waals surface area contributed by atoms with Gasteiger partial charge >= 0.3 is 0 Å². The average Bonchev–Trinajstić information content (AvgIpc) is 3.14. The Kier molecular flexibility index (Phi) is 7.64. The Balaban J connectivity index is 1.58. The van der Waals surface area contributed by atoms with Crippen molar-refractivity contribution in [1.29, 1.82) is 0 Å². The van der Waals surface area contributed by atoms with Gasteiger partial charge in [0.15, 0.2) is 16.6 Å². The number of hydrogen-bond acceptors (Lipinski definition) is 5. The Hall–Kier alpha value is -2.86. The molecule has 0 aliphatic rings. The number of carbonyl (C=O) groups excluding carboxylic acids is 1. The van der Waals surface area contributed by atoms with Crippen LogP contribution in [0.3, 0.4) is 0 Å². The Labute approximate surface area is 175 Å². The highest BCUT2D eigenvalue weighted by atomic mass is 32.1. The zero-order chi connectivity index (χ0) is 20.5. The van der Waals surface area contributed by atoms with E-state index in [2.05, 4.69) is 17.2 Å². The molecule has 1 aromatic heterocycles. The standard InChI is InChI=1S/C23H26N2O3S/c1-3-4-5-8-15-28-19-13-11-17(16-20(19)27-2)12-14-22(26)25-23-24-18-9-6-7-10-21(18)29-23/h6-7,9-14,16H,3-5,8,15H2,1-2H3,(H,24,25,26). The summed E-state index contributed by atoms with van der Waals surface area (Å²) in [4.78, 5) is 16.6. The second kappa shape index (κ2) is 10.6. The maximum Gasteiger partial charge on any atom is 0.250 e. The third kappa shape index (κ3) is 6.06. The molecular formula is C23H26N2O3S. The number of carbonyl (C=O) groups is 1. The SMILES string of the molecule is CCCCCCOc1ccc(C=CC(=O)Nc2nc3ccccc3s2)cc1OC. The lowest BCUT2D eigenvalue weighted by Crippen LogP contribution is -2.07. The van der Waals surface area contributed by atoms with Crippen molar-refractivity contribution in [2.75, 3.05) is 19.0 Å². The molecule has 2 aromatic carbocycles. The van der Waals surface area contributed by atoms with Gasteiger partial charge in [0.1, 0.15) is 0 Å². The number of benzene rings is 2. The van der Waals surface area contributed by atoms with Gasteiger partial charge in [-0.3, -0.25) is 10.1 Å². The molecule has 6 heteroatoms. The van der Waals surface area contributed by atoms with Crippen LogP contribution >= 0.6 is 11.3 Å². The van der Waals surface area contributed by atoms with E-state index >= 15 is 0 Å². The topological polar surface area (TPSA) is 60.5 Å². The van der Waals surface area contributed by atoms with Crippen molar-refractivity contribution in [3.63, 3.8) is 0 Å². The molecule has 0 spiro atoms. The molecule has 0 bridgehead atoms. The van der Waals surface area contributed by atoms with Crippen LogP contribution in [0.4, 0.5) is 5.13 Å². The van der Waals surface area contributed by atoms with Crippen LogP contribution < -0.4 is 14.8 Å². The summed E-state index contributed by atoms with van der Waals surface area (Å²) in [5.41, 5.74) is 1.74. The van der Waals surface area contributed by atoms with E-state index in [1.54, 1.807) is 13.2 Å². The number of nitrogens with zero attached hydrogens (tertiary/aromatic N) is 1. The molecule has 0 atom stereocenters. The van der Waals surface area contributed by atoms with Gasteiger partial charge < -0.3 is 9.47 Å². The number of thiazole rings is 1. The fourth-order valence-corrected chi connectivity index (χ4v) is 3.73. The van der Waals surface area contributed by atoms with Gasteiger partial charge in [0.05, 0.1) is 23.9 Å². The summed E-state index contributed by atoms with van der Waals surface area (Å²) in [7, 11) is 1.62. The third-order valence-corrected chi connectivity index (χ3v) is 5.35. The lowest BCUT2D eigenvalue weighted by molar-refractivity contribution is -0.111. The Morgan fingerprint density at radius 1 is 1.14 bits per heavy atom. The van der Waals surface area contributed by atoms with E-state index < -0.39 is 0 Å². The average molecular weight is 411 g/mol. The molecule has 152 valence electrons. The predicted molar refractivity (Wildman–Crippen MR) is 120 cm³/mol. The largest absolute Gasteiger partial charge is 0.493 e. The van der Waals surface area contributed by atoms with Gasteiger partial charge in [-0.1, -0.05) is 55.7 Å². The summed E-state index contributed by atoms with van der Waals surface area (Å²) in [5.74, 6) is 1.16. The van der Waals surface area contributed by atoms with Crippen LogP contribution in [0.5, 0.6) is 11.5 Å². The molecule has 0 saturated carbocycles. The molecule has 0 radical (unpaired) electrons. The zero-order valence-corrected chi connectivity index (χ0v) is 17.6. The number of hydrogen-bond donors (Lipinski definition) is 1. The van der Waals surface area contributed by atoms with Crippen LogP contribution in [-0.2, 0) is 4.79 Å². The first-order valence-electron chi connectivity index (χ1n) is 9.85. The first-order chi connectivity index (χ1) is 14.2. The molecule has 1 heterocycles. The van der Waals surface area contributed by atoms with Gasteiger partial charge in [0.25, 0.3) is 0 Å². The van der Waals surface area contributed by atoms with Crippen LogP contribution in [0.15, 0.2) is 48.5 Å². The van der Waals surface area contributed by atoms with Gasteiger partial charge in [-0.15, -0.1) is 0 Å². The molecule has 3 aromatic rings. The molecule has 5 nitrogen and oxygen atoms in total. The number of aromatic nitrogens is 1. The van der Waals surface area contributed by atoms with Gasteiger partial charge in [0.2, 0.25) is 5.91 Å². The van der Waals surface area contributed by atoms with E-state index in [1.807, 2.05) is 42.5 Å².